The first kappa shape index (κ1) is 15.8. The van der Waals surface area contributed by atoms with Crippen molar-refractivity contribution in [3.8, 4) is 0 Å². The fourth-order valence-corrected chi connectivity index (χ4v) is 3.00. The number of hydrogen-bond donors (Lipinski definition) is 2. The molecule has 0 amide bonds. The Kier molecular flexibility index (Phi) is 3.79. The molecule has 23 heavy (non-hydrogen) atoms. The minimum absolute atomic E-state index is 0.0773. The molecule has 0 bridgehead atoms. The zero-order valence-corrected chi connectivity index (χ0v) is 12.3. The van der Waals surface area contributed by atoms with Gasteiger partial charge in [-0.2, -0.15) is 13.2 Å². The molecule has 2 aromatic rings. The van der Waals surface area contributed by atoms with E-state index in [4.69, 9.17) is 0 Å². The Labute approximate surface area is 129 Å². The third-order valence-corrected chi connectivity index (χ3v) is 4.13. The number of rotatable bonds is 2. The van der Waals surface area contributed by atoms with Crippen LogP contribution in [0.15, 0.2) is 23.0 Å². The van der Waals surface area contributed by atoms with Gasteiger partial charge in [-0.3, -0.25) is 14.6 Å². The number of halogens is 4. The standard InChI is InChI=1S/C15H15F4N3O/c1-8(10-3-2-9(16)6-12(10)15(17,18)19)22-13-4-5-20-7-11(13)14(23)21-22/h2-3,6,8,20H,4-5,7H2,1H3,(H,21,23). The molecule has 8 heteroatoms. The van der Waals surface area contributed by atoms with E-state index < -0.39 is 23.6 Å². The lowest BCUT2D eigenvalue weighted by Gasteiger charge is -2.23. The Bertz CT molecular complexity index is 791. The first-order valence-corrected chi connectivity index (χ1v) is 7.18. The van der Waals surface area contributed by atoms with Crippen LogP contribution >= 0.6 is 0 Å². The van der Waals surface area contributed by atoms with Gasteiger partial charge in [-0.15, -0.1) is 0 Å². The highest BCUT2D eigenvalue weighted by atomic mass is 19.4. The van der Waals surface area contributed by atoms with Crippen molar-refractivity contribution in [1.29, 1.82) is 0 Å². The van der Waals surface area contributed by atoms with E-state index >= 15 is 0 Å². The molecular weight excluding hydrogens is 314 g/mol. The van der Waals surface area contributed by atoms with Crippen molar-refractivity contribution in [3.05, 3.63) is 56.8 Å². The van der Waals surface area contributed by atoms with E-state index in [1.165, 1.54) is 4.68 Å². The fourth-order valence-electron chi connectivity index (χ4n) is 3.00. The van der Waals surface area contributed by atoms with Crippen LogP contribution in [0.25, 0.3) is 0 Å². The zero-order chi connectivity index (χ0) is 16.8. The molecule has 2 heterocycles. The first-order valence-electron chi connectivity index (χ1n) is 7.18. The molecule has 1 unspecified atom stereocenters. The van der Waals surface area contributed by atoms with Crippen LogP contribution in [0.3, 0.4) is 0 Å². The van der Waals surface area contributed by atoms with Crippen molar-refractivity contribution in [2.24, 2.45) is 0 Å². The predicted molar refractivity (Wildman–Crippen MR) is 75.7 cm³/mol. The summed E-state index contributed by atoms with van der Waals surface area (Å²) < 4.78 is 54.3. The number of aromatic nitrogens is 2. The number of alkyl halides is 3. The molecule has 0 saturated carbocycles. The third kappa shape index (κ3) is 2.78. The van der Waals surface area contributed by atoms with Gasteiger partial charge in [0.1, 0.15) is 5.82 Å². The summed E-state index contributed by atoms with van der Waals surface area (Å²) in [6, 6.07) is 1.84. The molecule has 0 aliphatic carbocycles. The van der Waals surface area contributed by atoms with Crippen LogP contribution in [-0.4, -0.2) is 16.3 Å². The quantitative estimate of drug-likeness (QED) is 0.832. The Morgan fingerprint density at radius 2 is 2.04 bits per heavy atom. The Hall–Kier alpha value is -2.09. The Morgan fingerprint density at radius 1 is 1.30 bits per heavy atom. The fraction of sp³-hybridized carbons (Fsp3) is 0.400. The molecule has 0 radical (unpaired) electrons. The van der Waals surface area contributed by atoms with Crippen LogP contribution in [0.5, 0.6) is 0 Å². The molecule has 1 aliphatic heterocycles. The lowest BCUT2D eigenvalue weighted by molar-refractivity contribution is -0.138. The number of hydrogen-bond acceptors (Lipinski definition) is 2. The summed E-state index contributed by atoms with van der Waals surface area (Å²) in [7, 11) is 0. The van der Waals surface area contributed by atoms with Gasteiger partial charge in [0, 0.05) is 25.2 Å². The van der Waals surface area contributed by atoms with E-state index in [-0.39, 0.29) is 11.1 Å². The van der Waals surface area contributed by atoms with Crippen LogP contribution < -0.4 is 10.9 Å². The van der Waals surface area contributed by atoms with Gasteiger partial charge in [0.25, 0.3) is 5.56 Å². The van der Waals surface area contributed by atoms with Gasteiger partial charge in [0.15, 0.2) is 0 Å². The molecule has 0 spiro atoms. The number of nitrogens with zero attached hydrogens (tertiary/aromatic N) is 1. The smallest absolute Gasteiger partial charge is 0.312 e. The van der Waals surface area contributed by atoms with Crippen molar-refractivity contribution in [2.75, 3.05) is 6.54 Å². The molecule has 3 rings (SSSR count). The van der Waals surface area contributed by atoms with E-state index in [1.54, 1.807) is 6.92 Å². The van der Waals surface area contributed by atoms with Crippen molar-refractivity contribution < 1.29 is 17.6 Å². The van der Waals surface area contributed by atoms with E-state index in [9.17, 15) is 22.4 Å². The summed E-state index contributed by atoms with van der Waals surface area (Å²) in [4.78, 5) is 12.0. The molecule has 124 valence electrons. The van der Waals surface area contributed by atoms with Crippen LogP contribution in [-0.2, 0) is 19.1 Å². The summed E-state index contributed by atoms with van der Waals surface area (Å²) >= 11 is 0. The summed E-state index contributed by atoms with van der Waals surface area (Å²) in [6.07, 6.45) is -4.12. The minimum atomic E-state index is -4.67. The van der Waals surface area contributed by atoms with Crippen LogP contribution in [0.2, 0.25) is 0 Å². The van der Waals surface area contributed by atoms with Gasteiger partial charge < -0.3 is 5.32 Å². The molecule has 4 nitrogen and oxygen atoms in total. The van der Waals surface area contributed by atoms with Crippen molar-refractivity contribution in [3.63, 3.8) is 0 Å². The molecule has 1 aromatic heterocycles. The second kappa shape index (κ2) is 5.52. The maximum absolute atomic E-state index is 13.2. The normalized spacial score (nSPS) is 16.2. The molecule has 1 atom stereocenters. The van der Waals surface area contributed by atoms with Gasteiger partial charge in [-0.25, -0.2) is 4.39 Å². The number of nitrogens with one attached hydrogen (secondary N) is 2. The van der Waals surface area contributed by atoms with Crippen molar-refractivity contribution in [2.45, 2.75) is 32.1 Å². The summed E-state index contributed by atoms with van der Waals surface area (Å²) in [6.45, 7) is 2.59. The maximum Gasteiger partial charge on any atom is 0.416 e. The second-order valence-electron chi connectivity index (χ2n) is 5.57. The van der Waals surface area contributed by atoms with Gasteiger partial charge >= 0.3 is 6.18 Å². The van der Waals surface area contributed by atoms with Gasteiger partial charge in [0.2, 0.25) is 0 Å². The average Bonchev–Trinajstić information content (AvgIpc) is 2.83. The van der Waals surface area contributed by atoms with E-state index in [2.05, 4.69) is 10.4 Å². The van der Waals surface area contributed by atoms with E-state index in [0.29, 0.717) is 36.8 Å². The number of fused-ring (bicyclic) bond motifs is 1. The Balaban J connectivity index is 2.12. The summed E-state index contributed by atoms with van der Waals surface area (Å²) in [5, 5.41) is 5.66. The summed E-state index contributed by atoms with van der Waals surface area (Å²) in [5.41, 5.74) is -0.180. The van der Waals surface area contributed by atoms with Crippen LogP contribution in [0.4, 0.5) is 17.6 Å². The highest BCUT2D eigenvalue weighted by Gasteiger charge is 2.36. The molecule has 1 aliphatic rings. The molecule has 0 saturated heterocycles. The van der Waals surface area contributed by atoms with Crippen molar-refractivity contribution in [1.82, 2.24) is 15.1 Å². The van der Waals surface area contributed by atoms with E-state index in [1.807, 2.05) is 0 Å². The summed E-state index contributed by atoms with van der Waals surface area (Å²) in [5.74, 6) is -0.944. The third-order valence-electron chi connectivity index (χ3n) is 4.13. The largest absolute Gasteiger partial charge is 0.416 e. The van der Waals surface area contributed by atoms with Gasteiger partial charge in [-0.05, 0) is 24.6 Å². The van der Waals surface area contributed by atoms with Gasteiger partial charge in [-0.1, -0.05) is 6.07 Å². The molecule has 2 N–H and O–H groups in total. The molecular formula is C15H15F4N3O. The highest BCUT2D eigenvalue weighted by Crippen LogP contribution is 2.36. The maximum atomic E-state index is 13.2. The van der Waals surface area contributed by atoms with E-state index in [0.717, 1.165) is 12.1 Å². The average molecular weight is 329 g/mol. The SMILES string of the molecule is CC(c1ccc(F)cc1C(F)(F)F)n1[nH]c(=O)c2c1CCNC2. The minimum Gasteiger partial charge on any atom is -0.312 e. The number of aromatic amines is 1. The second-order valence-corrected chi connectivity index (χ2v) is 5.57. The van der Waals surface area contributed by atoms with Crippen LogP contribution in [0.1, 0.15) is 35.3 Å². The monoisotopic (exact) mass is 329 g/mol. The Morgan fingerprint density at radius 3 is 2.74 bits per heavy atom. The predicted octanol–water partition coefficient (Wildman–Crippen LogP) is 2.59. The highest BCUT2D eigenvalue weighted by molar-refractivity contribution is 5.34. The number of benzene rings is 1. The topological polar surface area (TPSA) is 49.8 Å². The van der Waals surface area contributed by atoms with Crippen molar-refractivity contribution >= 4 is 0 Å². The first-order chi connectivity index (χ1) is 10.8. The zero-order valence-electron chi connectivity index (χ0n) is 12.3. The molecule has 0 fully saturated rings. The number of H-pyrrole nitrogens is 1. The lowest BCUT2D eigenvalue weighted by atomic mass is 10.00. The lowest BCUT2D eigenvalue weighted by Crippen LogP contribution is -2.27. The molecule has 1 aromatic carbocycles. The van der Waals surface area contributed by atoms with Gasteiger partial charge in [0.05, 0.1) is 17.2 Å². The van der Waals surface area contributed by atoms with Crippen LogP contribution in [0, 0.1) is 5.82 Å².